The molecule has 9 heteroatoms. The van der Waals surface area contributed by atoms with Gasteiger partial charge in [0.2, 0.25) is 0 Å². The van der Waals surface area contributed by atoms with Crippen LogP contribution >= 0.6 is 0 Å². The molecule has 8 nitrogen and oxygen atoms in total. The predicted octanol–water partition coefficient (Wildman–Crippen LogP) is 2.93. The lowest BCUT2D eigenvalue weighted by molar-refractivity contribution is 0.625. The average molecular weight is 398 g/mol. The molecule has 3 N–H and O–H groups in total. The number of nitrogens with zero attached hydrogens (tertiary/aromatic N) is 6. The highest BCUT2D eigenvalue weighted by Gasteiger charge is 2.18. The van der Waals surface area contributed by atoms with Crippen molar-refractivity contribution < 1.29 is 4.39 Å². The van der Waals surface area contributed by atoms with Crippen LogP contribution in [0.1, 0.15) is 17.0 Å². The van der Waals surface area contributed by atoms with Crippen molar-refractivity contribution >= 4 is 22.7 Å². The van der Waals surface area contributed by atoms with E-state index in [2.05, 4.69) is 20.3 Å². The first-order valence-corrected chi connectivity index (χ1v) is 9.03. The molecule has 0 spiro atoms. The standard InChI is InChI=1S/C21H15FN8/c22-16-6-7-17-19(14(16)10-23)30(13-4-2-1-3-5-13)18(29-17)8-9-26-21-15(11-24)20(25)27-12-28-21/h1-7,12H,8-9H2,(H3,25,26,27,28). The van der Waals surface area contributed by atoms with Gasteiger partial charge in [-0.25, -0.2) is 19.3 Å². The molecular formula is C21H15FN8. The van der Waals surface area contributed by atoms with Gasteiger partial charge in [-0.1, -0.05) is 18.2 Å². The van der Waals surface area contributed by atoms with Gasteiger partial charge < -0.3 is 11.1 Å². The van der Waals surface area contributed by atoms with Crippen molar-refractivity contribution in [3.05, 3.63) is 71.6 Å². The van der Waals surface area contributed by atoms with Gasteiger partial charge >= 0.3 is 0 Å². The molecule has 0 aliphatic rings. The molecule has 2 aromatic heterocycles. The predicted molar refractivity (Wildman–Crippen MR) is 109 cm³/mol. The first kappa shape index (κ1) is 18.8. The van der Waals surface area contributed by atoms with E-state index in [1.807, 2.05) is 42.5 Å². The number of imidazole rings is 1. The Balaban J connectivity index is 1.74. The van der Waals surface area contributed by atoms with Crippen molar-refractivity contribution in [1.29, 1.82) is 10.5 Å². The summed E-state index contributed by atoms with van der Waals surface area (Å²) in [5.41, 5.74) is 7.54. The molecule has 146 valence electrons. The zero-order valence-corrected chi connectivity index (χ0v) is 15.7. The molecule has 0 saturated carbocycles. The lowest BCUT2D eigenvalue weighted by Gasteiger charge is -2.11. The molecule has 4 rings (SSSR count). The number of hydrogen-bond donors (Lipinski definition) is 2. The van der Waals surface area contributed by atoms with Crippen molar-refractivity contribution in [1.82, 2.24) is 19.5 Å². The highest BCUT2D eigenvalue weighted by molar-refractivity contribution is 5.84. The van der Waals surface area contributed by atoms with E-state index >= 15 is 0 Å². The monoisotopic (exact) mass is 398 g/mol. The Morgan fingerprint density at radius 1 is 1.03 bits per heavy atom. The van der Waals surface area contributed by atoms with Gasteiger partial charge in [0.1, 0.15) is 52.9 Å². The molecule has 0 unspecified atom stereocenters. The molecule has 0 fully saturated rings. The van der Waals surface area contributed by atoms with Gasteiger partial charge in [-0.05, 0) is 24.3 Å². The second-order valence-corrected chi connectivity index (χ2v) is 6.37. The fourth-order valence-corrected chi connectivity index (χ4v) is 3.26. The lowest BCUT2D eigenvalue weighted by atomic mass is 10.2. The summed E-state index contributed by atoms with van der Waals surface area (Å²) < 4.78 is 16.1. The topological polar surface area (TPSA) is 129 Å². The Labute approximate surface area is 171 Å². The third-order valence-corrected chi connectivity index (χ3v) is 4.59. The van der Waals surface area contributed by atoms with Crippen LogP contribution in [-0.4, -0.2) is 26.1 Å². The van der Waals surface area contributed by atoms with Gasteiger partial charge in [0, 0.05) is 18.7 Å². The first-order chi connectivity index (χ1) is 14.6. The molecule has 0 saturated heterocycles. The van der Waals surface area contributed by atoms with Crippen LogP contribution in [0.25, 0.3) is 16.7 Å². The van der Waals surface area contributed by atoms with E-state index in [1.54, 1.807) is 10.6 Å². The maximum atomic E-state index is 14.3. The minimum Gasteiger partial charge on any atom is -0.382 e. The first-order valence-electron chi connectivity index (χ1n) is 9.03. The van der Waals surface area contributed by atoms with Crippen LogP contribution in [0.15, 0.2) is 48.8 Å². The summed E-state index contributed by atoms with van der Waals surface area (Å²) in [5.74, 6) is 0.463. The molecular weight excluding hydrogens is 383 g/mol. The number of anilines is 2. The van der Waals surface area contributed by atoms with Crippen LogP contribution < -0.4 is 11.1 Å². The van der Waals surface area contributed by atoms with Crippen LogP contribution in [0.4, 0.5) is 16.0 Å². The summed E-state index contributed by atoms with van der Waals surface area (Å²) in [5, 5.41) is 21.8. The van der Waals surface area contributed by atoms with Gasteiger partial charge in [-0.2, -0.15) is 10.5 Å². The fraction of sp³-hybridized carbons (Fsp3) is 0.0952. The summed E-state index contributed by atoms with van der Waals surface area (Å²) in [6, 6.07) is 16.0. The molecule has 30 heavy (non-hydrogen) atoms. The van der Waals surface area contributed by atoms with Gasteiger partial charge in [0.05, 0.1) is 11.0 Å². The van der Waals surface area contributed by atoms with Crippen molar-refractivity contribution in [2.24, 2.45) is 0 Å². The van der Waals surface area contributed by atoms with Crippen LogP contribution in [0.5, 0.6) is 0 Å². The highest BCUT2D eigenvalue weighted by Crippen LogP contribution is 2.27. The number of nitrogen functional groups attached to an aromatic ring is 1. The number of fused-ring (bicyclic) bond motifs is 1. The van der Waals surface area contributed by atoms with Crippen molar-refractivity contribution in [3.8, 4) is 17.8 Å². The minimum atomic E-state index is -0.595. The Morgan fingerprint density at radius 2 is 1.80 bits per heavy atom. The van der Waals surface area contributed by atoms with Crippen molar-refractivity contribution in [3.63, 3.8) is 0 Å². The maximum absolute atomic E-state index is 14.3. The molecule has 0 radical (unpaired) electrons. The fourth-order valence-electron chi connectivity index (χ4n) is 3.26. The number of nitrogens with one attached hydrogen (secondary N) is 1. The van der Waals surface area contributed by atoms with Gasteiger partial charge in [0.25, 0.3) is 0 Å². The maximum Gasteiger partial charge on any atom is 0.149 e. The van der Waals surface area contributed by atoms with Crippen LogP contribution in [0, 0.1) is 28.5 Å². The zero-order valence-electron chi connectivity index (χ0n) is 15.7. The number of para-hydroxylation sites is 1. The Kier molecular flexibility index (Phi) is 4.93. The van der Waals surface area contributed by atoms with Crippen molar-refractivity contribution in [2.45, 2.75) is 6.42 Å². The highest BCUT2D eigenvalue weighted by atomic mass is 19.1. The summed E-state index contributed by atoms with van der Waals surface area (Å²) in [6.07, 6.45) is 1.70. The largest absolute Gasteiger partial charge is 0.382 e. The lowest BCUT2D eigenvalue weighted by Crippen LogP contribution is -2.12. The molecule has 2 heterocycles. The summed E-state index contributed by atoms with van der Waals surface area (Å²) in [7, 11) is 0. The number of nitrogens with two attached hydrogens (primary N) is 1. The molecule has 0 amide bonds. The summed E-state index contributed by atoms with van der Waals surface area (Å²) >= 11 is 0. The molecule has 0 aliphatic carbocycles. The minimum absolute atomic E-state index is 0.0570. The molecule has 0 aliphatic heterocycles. The number of hydrogen-bond acceptors (Lipinski definition) is 7. The number of rotatable bonds is 5. The van der Waals surface area contributed by atoms with E-state index in [-0.39, 0.29) is 16.9 Å². The third kappa shape index (κ3) is 3.25. The quantitative estimate of drug-likeness (QED) is 0.529. The van der Waals surface area contributed by atoms with E-state index < -0.39 is 5.82 Å². The SMILES string of the molecule is N#Cc1c(N)ncnc1NCCc1nc2ccc(F)c(C#N)c2n1-c1ccccc1. The molecule has 0 bridgehead atoms. The summed E-state index contributed by atoms with van der Waals surface area (Å²) in [6.45, 7) is 0.381. The number of nitriles is 2. The number of benzene rings is 2. The second-order valence-electron chi connectivity index (χ2n) is 6.37. The van der Waals surface area contributed by atoms with Gasteiger partial charge in [-0.15, -0.1) is 0 Å². The van der Waals surface area contributed by atoms with Crippen molar-refractivity contribution in [2.75, 3.05) is 17.6 Å². The Bertz CT molecular complexity index is 1320. The molecule has 2 aromatic carbocycles. The van der Waals surface area contributed by atoms with Crippen LogP contribution in [0.3, 0.4) is 0 Å². The van der Waals surface area contributed by atoms with Crippen LogP contribution in [-0.2, 0) is 6.42 Å². The van der Waals surface area contributed by atoms with E-state index in [0.717, 1.165) is 5.69 Å². The second kappa shape index (κ2) is 7.86. The van der Waals surface area contributed by atoms with E-state index in [1.165, 1.54) is 12.4 Å². The van der Waals surface area contributed by atoms with E-state index in [0.29, 0.717) is 35.6 Å². The average Bonchev–Trinajstić information content (AvgIpc) is 3.13. The molecule has 4 aromatic rings. The third-order valence-electron chi connectivity index (χ3n) is 4.59. The Morgan fingerprint density at radius 3 is 2.53 bits per heavy atom. The smallest absolute Gasteiger partial charge is 0.149 e. The van der Waals surface area contributed by atoms with E-state index in [4.69, 9.17) is 5.73 Å². The van der Waals surface area contributed by atoms with Gasteiger partial charge in [0.15, 0.2) is 0 Å². The van der Waals surface area contributed by atoms with Crippen LogP contribution in [0.2, 0.25) is 0 Å². The summed E-state index contributed by atoms with van der Waals surface area (Å²) in [4.78, 5) is 12.5. The van der Waals surface area contributed by atoms with E-state index in [9.17, 15) is 14.9 Å². The number of halogens is 1. The number of aromatic nitrogens is 4. The molecule has 0 atom stereocenters. The normalized spacial score (nSPS) is 10.5. The Hall–Kier alpha value is -4.50. The van der Waals surface area contributed by atoms with Gasteiger partial charge in [-0.3, -0.25) is 4.57 Å². The zero-order chi connectivity index (χ0) is 21.1.